The van der Waals surface area contributed by atoms with Gasteiger partial charge in [0.2, 0.25) is 0 Å². The molecule has 0 amide bonds. The second-order valence-electron chi connectivity index (χ2n) is 12.8. The minimum atomic E-state index is -0.110. The molecular weight excluding hydrogens is 460 g/mol. The predicted molar refractivity (Wildman–Crippen MR) is 137 cm³/mol. The minimum absolute atomic E-state index is 0.0901. The van der Waals surface area contributed by atoms with Crippen molar-refractivity contribution in [2.24, 2.45) is 46.3 Å². The van der Waals surface area contributed by atoms with Crippen molar-refractivity contribution in [2.45, 2.75) is 111 Å². The molecule has 0 heterocycles. The average molecular weight is 508 g/mol. The highest BCUT2D eigenvalue weighted by Crippen LogP contribution is 2.67. The van der Waals surface area contributed by atoms with Crippen molar-refractivity contribution in [3.05, 3.63) is 11.6 Å². The van der Waals surface area contributed by atoms with Crippen molar-refractivity contribution < 1.29 is 9.53 Å². The molecular formula is C29H47BrO2. The van der Waals surface area contributed by atoms with Gasteiger partial charge in [-0.25, -0.2) is 0 Å². The third-order valence-corrected chi connectivity index (χ3v) is 11.1. The number of alkyl halides is 1. The minimum Gasteiger partial charge on any atom is -0.461 e. The van der Waals surface area contributed by atoms with Crippen LogP contribution in [0.3, 0.4) is 0 Å². The van der Waals surface area contributed by atoms with Gasteiger partial charge < -0.3 is 4.74 Å². The Kier molecular flexibility index (Phi) is 7.55. The number of ether oxygens (including phenoxy) is 1. The largest absolute Gasteiger partial charge is 0.461 e. The molecule has 4 rings (SSSR count). The molecule has 0 aromatic heterocycles. The standard InChI is InChI=1S/C29H47BrO2/c1-19(2)7-6-8-20(3)24-11-12-25-23-10-9-21-17-22(32-27(31)18-30)13-15-28(21,4)26(23)14-16-29(24,25)5/h9,19-20,22-26H,6-8,10-18H2,1-5H3/t20-,22+,23?,24-,25?,26?,28+,29-/m1/s1. The Labute approximate surface area is 205 Å². The normalized spacial score (nSPS) is 42.0. The van der Waals surface area contributed by atoms with Gasteiger partial charge in [-0.15, -0.1) is 0 Å². The van der Waals surface area contributed by atoms with E-state index < -0.39 is 0 Å². The summed E-state index contributed by atoms with van der Waals surface area (Å²) in [5.74, 6) is 5.16. The molecule has 0 aromatic rings. The van der Waals surface area contributed by atoms with E-state index in [0.29, 0.717) is 16.2 Å². The van der Waals surface area contributed by atoms with Crippen LogP contribution in [0, 0.1) is 46.3 Å². The summed E-state index contributed by atoms with van der Waals surface area (Å²) >= 11 is 3.24. The molecule has 0 aliphatic heterocycles. The maximum absolute atomic E-state index is 11.8. The van der Waals surface area contributed by atoms with Gasteiger partial charge in [0.25, 0.3) is 0 Å². The fraction of sp³-hybridized carbons (Fsp3) is 0.897. The first-order valence-corrected chi connectivity index (χ1v) is 14.8. The van der Waals surface area contributed by atoms with Gasteiger partial charge in [0.1, 0.15) is 11.4 Å². The number of hydrogen-bond donors (Lipinski definition) is 0. The van der Waals surface area contributed by atoms with Gasteiger partial charge in [0.05, 0.1) is 0 Å². The average Bonchev–Trinajstić information content (AvgIpc) is 3.11. The third-order valence-electron chi connectivity index (χ3n) is 10.7. The maximum Gasteiger partial charge on any atom is 0.316 e. The number of hydrogen-bond acceptors (Lipinski definition) is 2. The first kappa shape index (κ1) is 24.8. The molecule has 182 valence electrons. The molecule has 2 nitrogen and oxygen atoms in total. The van der Waals surface area contributed by atoms with Gasteiger partial charge in [0.15, 0.2) is 0 Å². The van der Waals surface area contributed by atoms with Crippen LogP contribution in [0.15, 0.2) is 11.6 Å². The van der Waals surface area contributed by atoms with E-state index in [4.69, 9.17) is 4.74 Å². The first-order chi connectivity index (χ1) is 15.2. The van der Waals surface area contributed by atoms with Crippen LogP contribution in [0.5, 0.6) is 0 Å². The molecule has 4 aliphatic rings. The van der Waals surface area contributed by atoms with E-state index in [1.807, 2.05) is 0 Å². The summed E-state index contributed by atoms with van der Waals surface area (Å²) in [5.41, 5.74) is 2.50. The van der Waals surface area contributed by atoms with Crippen molar-refractivity contribution in [1.82, 2.24) is 0 Å². The zero-order chi connectivity index (χ0) is 23.1. The summed E-state index contributed by atoms with van der Waals surface area (Å²) in [4.78, 5) is 11.8. The van der Waals surface area contributed by atoms with Crippen molar-refractivity contribution in [2.75, 3.05) is 5.33 Å². The smallest absolute Gasteiger partial charge is 0.316 e. The van der Waals surface area contributed by atoms with E-state index >= 15 is 0 Å². The maximum atomic E-state index is 11.8. The molecule has 0 N–H and O–H groups in total. The number of halogens is 1. The lowest BCUT2D eigenvalue weighted by Crippen LogP contribution is -2.51. The highest BCUT2D eigenvalue weighted by Gasteiger charge is 2.59. The van der Waals surface area contributed by atoms with E-state index in [1.54, 1.807) is 5.57 Å². The molecule has 3 heteroatoms. The Morgan fingerprint density at radius 1 is 1.09 bits per heavy atom. The number of carbonyl (C=O) groups excluding carboxylic acids is 1. The lowest BCUT2D eigenvalue weighted by molar-refractivity contribution is -0.148. The Morgan fingerprint density at radius 2 is 1.88 bits per heavy atom. The first-order valence-electron chi connectivity index (χ1n) is 13.6. The number of esters is 1. The van der Waals surface area contributed by atoms with Gasteiger partial charge in [-0.2, -0.15) is 0 Å². The fourth-order valence-corrected chi connectivity index (χ4v) is 9.10. The molecule has 3 unspecified atom stereocenters. The Hall–Kier alpha value is -0.310. The summed E-state index contributed by atoms with van der Waals surface area (Å²) < 4.78 is 5.72. The number of allylic oxidation sites excluding steroid dienone is 1. The van der Waals surface area contributed by atoms with Crippen LogP contribution in [0.25, 0.3) is 0 Å². The molecule has 0 spiro atoms. The molecule has 3 saturated carbocycles. The number of rotatable bonds is 7. The molecule has 0 radical (unpaired) electrons. The van der Waals surface area contributed by atoms with Crippen LogP contribution in [-0.4, -0.2) is 17.4 Å². The zero-order valence-corrected chi connectivity index (χ0v) is 22.9. The van der Waals surface area contributed by atoms with Gasteiger partial charge in [-0.1, -0.05) is 81.5 Å². The molecule has 0 saturated heterocycles. The number of fused-ring (bicyclic) bond motifs is 5. The van der Waals surface area contributed by atoms with Crippen LogP contribution >= 0.6 is 15.9 Å². The molecule has 32 heavy (non-hydrogen) atoms. The van der Waals surface area contributed by atoms with E-state index in [0.717, 1.165) is 48.3 Å². The third kappa shape index (κ3) is 4.50. The van der Waals surface area contributed by atoms with Crippen LogP contribution in [-0.2, 0) is 9.53 Å². The molecule has 3 fully saturated rings. The van der Waals surface area contributed by atoms with Gasteiger partial charge in [-0.3, -0.25) is 4.79 Å². The van der Waals surface area contributed by atoms with Gasteiger partial charge in [0, 0.05) is 6.42 Å². The monoisotopic (exact) mass is 506 g/mol. The summed E-state index contributed by atoms with van der Waals surface area (Å²) in [6.45, 7) is 12.5. The van der Waals surface area contributed by atoms with E-state index in [9.17, 15) is 4.79 Å². The summed E-state index contributed by atoms with van der Waals surface area (Å²) in [5, 5.41) is 0.307. The van der Waals surface area contributed by atoms with Gasteiger partial charge >= 0.3 is 5.97 Å². The summed E-state index contributed by atoms with van der Waals surface area (Å²) in [6, 6.07) is 0. The van der Waals surface area contributed by atoms with E-state index in [1.165, 1.54) is 57.8 Å². The highest BCUT2D eigenvalue weighted by molar-refractivity contribution is 9.09. The van der Waals surface area contributed by atoms with E-state index in [2.05, 4.69) is 56.6 Å². The Morgan fingerprint density at radius 3 is 2.59 bits per heavy atom. The van der Waals surface area contributed by atoms with Crippen LogP contribution < -0.4 is 0 Å². The summed E-state index contributed by atoms with van der Waals surface area (Å²) in [6.07, 6.45) is 17.1. The SMILES string of the molecule is CC(C)CCC[C@@H](C)[C@H]1CCC2C3CC=C4C[C@@H](OC(=O)CBr)CC[C@]4(C)C3CC[C@@]21C. The van der Waals surface area contributed by atoms with Gasteiger partial charge in [-0.05, 0) is 91.3 Å². The predicted octanol–water partition coefficient (Wildman–Crippen LogP) is 8.33. The van der Waals surface area contributed by atoms with Crippen molar-refractivity contribution in [1.29, 1.82) is 0 Å². The van der Waals surface area contributed by atoms with Crippen molar-refractivity contribution in [3.8, 4) is 0 Å². The van der Waals surface area contributed by atoms with Crippen LogP contribution in [0.2, 0.25) is 0 Å². The Balaban J connectivity index is 1.45. The topological polar surface area (TPSA) is 26.3 Å². The second kappa shape index (κ2) is 9.74. The lowest BCUT2D eigenvalue weighted by atomic mass is 9.47. The molecule has 0 aromatic carbocycles. The quantitative estimate of drug-likeness (QED) is 0.197. The fourth-order valence-electron chi connectivity index (χ4n) is 8.97. The number of carbonyl (C=O) groups is 1. The zero-order valence-electron chi connectivity index (χ0n) is 21.3. The van der Waals surface area contributed by atoms with Crippen molar-refractivity contribution >= 4 is 21.9 Å². The molecule has 4 aliphatic carbocycles. The molecule has 8 atom stereocenters. The van der Waals surface area contributed by atoms with Crippen LogP contribution in [0.1, 0.15) is 105 Å². The highest BCUT2D eigenvalue weighted by atomic mass is 79.9. The molecule has 0 bridgehead atoms. The summed E-state index contributed by atoms with van der Waals surface area (Å²) in [7, 11) is 0. The Bertz CT molecular complexity index is 714. The second-order valence-corrected chi connectivity index (χ2v) is 13.3. The van der Waals surface area contributed by atoms with Crippen molar-refractivity contribution in [3.63, 3.8) is 0 Å². The van der Waals surface area contributed by atoms with E-state index in [-0.39, 0.29) is 12.1 Å². The lowest BCUT2D eigenvalue weighted by Gasteiger charge is -2.58. The van der Waals surface area contributed by atoms with Crippen LogP contribution in [0.4, 0.5) is 0 Å².